The summed E-state index contributed by atoms with van der Waals surface area (Å²) in [5, 5.41) is 2.83. The molecule has 1 aromatic carbocycles. The number of nitrogens with two attached hydrogens (primary N) is 1. The Morgan fingerprint density at radius 2 is 1.85 bits per heavy atom. The molecule has 0 bridgehead atoms. The summed E-state index contributed by atoms with van der Waals surface area (Å²) < 4.78 is 0. The first-order chi connectivity index (χ1) is 9.38. The Morgan fingerprint density at radius 3 is 2.40 bits per heavy atom. The number of nitrogens with zero attached hydrogens (tertiary/aromatic N) is 1. The normalized spacial score (nSPS) is 11.2. The SMILES string of the molecule is Cc1cc(C(=O)Nc2ccncc2)ccc1C(C)(C)N. The molecule has 1 heterocycles. The molecule has 20 heavy (non-hydrogen) atoms. The third-order valence-corrected chi connectivity index (χ3v) is 3.12. The molecule has 0 radical (unpaired) electrons. The summed E-state index contributed by atoms with van der Waals surface area (Å²) in [6, 6.07) is 9.08. The highest BCUT2D eigenvalue weighted by Crippen LogP contribution is 2.22. The molecule has 1 aromatic heterocycles. The molecule has 4 nitrogen and oxygen atoms in total. The van der Waals surface area contributed by atoms with Crippen LogP contribution in [0.3, 0.4) is 0 Å². The zero-order valence-corrected chi connectivity index (χ0v) is 12.0. The lowest BCUT2D eigenvalue weighted by molar-refractivity contribution is 0.102. The summed E-state index contributed by atoms with van der Waals surface area (Å²) in [7, 11) is 0. The van der Waals surface area contributed by atoms with Crippen LogP contribution in [-0.4, -0.2) is 10.9 Å². The van der Waals surface area contributed by atoms with Crippen LogP contribution in [0.5, 0.6) is 0 Å². The summed E-state index contributed by atoms with van der Waals surface area (Å²) in [4.78, 5) is 16.1. The van der Waals surface area contributed by atoms with Gasteiger partial charge in [0, 0.05) is 29.2 Å². The lowest BCUT2D eigenvalue weighted by Gasteiger charge is -2.22. The molecule has 2 aromatic rings. The molecule has 1 amide bonds. The first kappa shape index (κ1) is 14.2. The number of hydrogen-bond donors (Lipinski definition) is 2. The number of carbonyl (C=O) groups excluding carboxylic acids is 1. The van der Waals surface area contributed by atoms with Crippen LogP contribution in [-0.2, 0) is 5.54 Å². The number of amides is 1. The predicted octanol–water partition coefficient (Wildman–Crippen LogP) is 2.84. The third-order valence-electron chi connectivity index (χ3n) is 3.12. The van der Waals surface area contributed by atoms with Crippen molar-refractivity contribution < 1.29 is 4.79 Å². The Bertz CT molecular complexity index is 615. The van der Waals surface area contributed by atoms with E-state index in [0.29, 0.717) is 5.56 Å². The average Bonchev–Trinajstić information content (AvgIpc) is 2.38. The van der Waals surface area contributed by atoms with E-state index in [1.807, 2.05) is 32.9 Å². The van der Waals surface area contributed by atoms with Gasteiger partial charge in [-0.3, -0.25) is 9.78 Å². The molecule has 0 atom stereocenters. The number of hydrogen-bond acceptors (Lipinski definition) is 3. The summed E-state index contributed by atoms with van der Waals surface area (Å²) in [6.45, 7) is 5.87. The van der Waals surface area contributed by atoms with Crippen molar-refractivity contribution in [2.45, 2.75) is 26.3 Å². The predicted molar refractivity (Wildman–Crippen MR) is 80.6 cm³/mol. The van der Waals surface area contributed by atoms with E-state index in [9.17, 15) is 4.79 Å². The number of rotatable bonds is 3. The number of benzene rings is 1. The number of carbonyl (C=O) groups is 1. The number of aromatic nitrogens is 1. The molecule has 0 saturated carbocycles. The van der Waals surface area contributed by atoms with E-state index in [0.717, 1.165) is 16.8 Å². The van der Waals surface area contributed by atoms with Gasteiger partial charge in [-0.25, -0.2) is 0 Å². The minimum atomic E-state index is -0.413. The van der Waals surface area contributed by atoms with Crippen LogP contribution in [0.1, 0.15) is 35.3 Å². The highest BCUT2D eigenvalue weighted by Gasteiger charge is 2.17. The van der Waals surface area contributed by atoms with Crippen molar-refractivity contribution in [3.63, 3.8) is 0 Å². The molecule has 0 saturated heterocycles. The number of pyridine rings is 1. The maximum Gasteiger partial charge on any atom is 0.255 e. The maximum atomic E-state index is 12.2. The van der Waals surface area contributed by atoms with E-state index in [4.69, 9.17) is 5.73 Å². The lowest BCUT2D eigenvalue weighted by atomic mass is 9.90. The maximum absolute atomic E-state index is 12.2. The molecule has 0 aliphatic heterocycles. The summed E-state index contributed by atoms with van der Waals surface area (Å²) in [5.74, 6) is -0.138. The standard InChI is InChI=1S/C16H19N3O/c1-11-10-12(4-5-14(11)16(2,3)17)15(20)19-13-6-8-18-9-7-13/h4-10H,17H2,1-3H3,(H,18,19,20). The van der Waals surface area contributed by atoms with Gasteiger partial charge in [-0.1, -0.05) is 6.07 Å². The summed E-state index contributed by atoms with van der Waals surface area (Å²) in [6.07, 6.45) is 3.28. The molecule has 0 unspecified atom stereocenters. The largest absolute Gasteiger partial charge is 0.322 e. The van der Waals surface area contributed by atoms with Crippen molar-refractivity contribution >= 4 is 11.6 Å². The molecular formula is C16H19N3O. The van der Waals surface area contributed by atoms with Crippen LogP contribution in [0.2, 0.25) is 0 Å². The molecule has 0 aliphatic carbocycles. The molecule has 2 rings (SSSR count). The van der Waals surface area contributed by atoms with Crippen LogP contribution in [0.25, 0.3) is 0 Å². The zero-order valence-electron chi connectivity index (χ0n) is 12.0. The van der Waals surface area contributed by atoms with Crippen molar-refractivity contribution in [1.29, 1.82) is 0 Å². The third kappa shape index (κ3) is 3.22. The fraction of sp³-hybridized carbons (Fsp3) is 0.250. The quantitative estimate of drug-likeness (QED) is 0.900. The molecule has 0 spiro atoms. The smallest absolute Gasteiger partial charge is 0.255 e. The molecular weight excluding hydrogens is 250 g/mol. The van der Waals surface area contributed by atoms with Gasteiger partial charge < -0.3 is 11.1 Å². The Labute approximate surface area is 119 Å². The Kier molecular flexibility index (Phi) is 3.86. The van der Waals surface area contributed by atoms with E-state index in [-0.39, 0.29) is 5.91 Å². The van der Waals surface area contributed by atoms with Crippen molar-refractivity contribution in [2.24, 2.45) is 5.73 Å². The van der Waals surface area contributed by atoms with E-state index in [1.54, 1.807) is 30.6 Å². The van der Waals surface area contributed by atoms with Gasteiger partial charge in [0.25, 0.3) is 5.91 Å². The van der Waals surface area contributed by atoms with Gasteiger partial charge >= 0.3 is 0 Å². The molecule has 104 valence electrons. The van der Waals surface area contributed by atoms with Gasteiger partial charge in [-0.2, -0.15) is 0 Å². The van der Waals surface area contributed by atoms with E-state index < -0.39 is 5.54 Å². The van der Waals surface area contributed by atoms with E-state index in [2.05, 4.69) is 10.3 Å². The van der Waals surface area contributed by atoms with Gasteiger partial charge in [-0.05, 0) is 56.2 Å². The van der Waals surface area contributed by atoms with Gasteiger partial charge in [0.1, 0.15) is 0 Å². The topological polar surface area (TPSA) is 68.0 Å². The van der Waals surface area contributed by atoms with Crippen molar-refractivity contribution in [3.8, 4) is 0 Å². The first-order valence-electron chi connectivity index (χ1n) is 6.49. The minimum Gasteiger partial charge on any atom is -0.322 e. The Morgan fingerprint density at radius 1 is 1.20 bits per heavy atom. The highest BCUT2D eigenvalue weighted by atomic mass is 16.1. The van der Waals surface area contributed by atoms with Crippen LogP contribution < -0.4 is 11.1 Å². The van der Waals surface area contributed by atoms with Crippen LogP contribution in [0.15, 0.2) is 42.7 Å². The summed E-state index contributed by atoms with van der Waals surface area (Å²) >= 11 is 0. The second kappa shape index (κ2) is 5.43. The van der Waals surface area contributed by atoms with Crippen molar-refractivity contribution in [1.82, 2.24) is 4.98 Å². The van der Waals surface area contributed by atoms with Crippen molar-refractivity contribution in [2.75, 3.05) is 5.32 Å². The van der Waals surface area contributed by atoms with Crippen LogP contribution >= 0.6 is 0 Å². The van der Waals surface area contributed by atoms with Gasteiger partial charge in [0.2, 0.25) is 0 Å². The van der Waals surface area contributed by atoms with Gasteiger partial charge in [0.05, 0.1) is 0 Å². The second-order valence-electron chi connectivity index (χ2n) is 5.44. The van der Waals surface area contributed by atoms with Gasteiger partial charge in [-0.15, -0.1) is 0 Å². The van der Waals surface area contributed by atoms with Gasteiger partial charge in [0.15, 0.2) is 0 Å². The van der Waals surface area contributed by atoms with E-state index in [1.165, 1.54) is 0 Å². The van der Waals surface area contributed by atoms with Crippen LogP contribution in [0, 0.1) is 6.92 Å². The molecule has 0 fully saturated rings. The molecule has 0 aliphatic rings. The summed E-state index contributed by atoms with van der Waals surface area (Å²) in [5.41, 5.74) is 9.09. The molecule has 4 heteroatoms. The Balaban J connectivity index is 2.22. The van der Waals surface area contributed by atoms with E-state index >= 15 is 0 Å². The number of aryl methyl sites for hydroxylation is 1. The number of anilines is 1. The monoisotopic (exact) mass is 269 g/mol. The zero-order chi connectivity index (χ0) is 14.8. The molecule has 3 N–H and O–H groups in total. The lowest BCUT2D eigenvalue weighted by Crippen LogP contribution is -2.29. The first-order valence-corrected chi connectivity index (χ1v) is 6.49. The minimum absolute atomic E-state index is 0.138. The fourth-order valence-corrected chi connectivity index (χ4v) is 2.17. The van der Waals surface area contributed by atoms with Crippen molar-refractivity contribution in [3.05, 3.63) is 59.4 Å². The second-order valence-corrected chi connectivity index (χ2v) is 5.44. The highest BCUT2D eigenvalue weighted by molar-refractivity contribution is 6.04. The van der Waals surface area contributed by atoms with Crippen LogP contribution in [0.4, 0.5) is 5.69 Å². The fourth-order valence-electron chi connectivity index (χ4n) is 2.17. The Hall–Kier alpha value is -2.20. The number of nitrogens with one attached hydrogen (secondary N) is 1. The average molecular weight is 269 g/mol.